The summed E-state index contributed by atoms with van der Waals surface area (Å²) in [6.45, 7) is 0. The Balaban J connectivity index is 1.93. The van der Waals surface area contributed by atoms with E-state index in [1.54, 1.807) is 0 Å². The molecule has 3 heteroatoms. The predicted molar refractivity (Wildman–Crippen MR) is 83.9 cm³/mol. The molecule has 0 amide bonds. The molecule has 0 N–H and O–H groups in total. The van der Waals surface area contributed by atoms with Gasteiger partial charge in [0.25, 0.3) is 0 Å². The highest BCUT2D eigenvalue weighted by Crippen LogP contribution is 2.18. The third kappa shape index (κ3) is 4.87. The van der Waals surface area contributed by atoms with E-state index >= 15 is 0 Å². The van der Waals surface area contributed by atoms with Crippen LogP contribution in [0.5, 0.6) is 0 Å². The van der Waals surface area contributed by atoms with Gasteiger partial charge in [-0.1, -0.05) is 30.3 Å². The summed E-state index contributed by atoms with van der Waals surface area (Å²) >= 11 is 4.22. The topological polar surface area (TPSA) is 24.7 Å². The van der Waals surface area contributed by atoms with E-state index in [0.29, 0.717) is 0 Å². The van der Waals surface area contributed by atoms with Gasteiger partial charge in [0, 0.05) is 0 Å². The normalized spacial score (nSPS) is 11.0. The smallest absolute Gasteiger partial charge is 0.0857 e. The lowest BCUT2D eigenvalue weighted by atomic mass is 10.1. The molecule has 0 heterocycles. The van der Waals surface area contributed by atoms with Crippen LogP contribution in [-0.2, 0) is 6.42 Å². The van der Waals surface area contributed by atoms with Crippen LogP contribution in [0, 0.1) is 0 Å². The average molecular weight is 270 g/mol. The number of hydrogen-bond acceptors (Lipinski definition) is 3. The lowest BCUT2D eigenvalue weighted by Gasteiger charge is -2.00. The quantitative estimate of drug-likeness (QED) is 0.415. The minimum Gasteiger partial charge on any atom is -0.179 e. The fourth-order valence-corrected chi connectivity index (χ4v) is 2.00. The van der Waals surface area contributed by atoms with E-state index in [4.69, 9.17) is 0 Å². The Morgan fingerprint density at radius 2 is 1.37 bits per heavy atom. The minimum absolute atomic E-state index is 0.875. The second-order valence-corrected chi connectivity index (χ2v) is 4.83. The molecule has 0 bridgehead atoms. The van der Waals surface area contributed by atoms with E-state index in [1.165, 1.54) is 18.4 Å². The standard InChI is InChI=1S/C16H18N2S/c19-13-5-4-6-14-9-11-16(12-10-14)18-17-15-7-2-1-3-8-15/h1-3,7-12,19H,4-6,13H2. The zero-order chi connectivity index (χ0) is 13.3. The summed E-state index contributed by atoms with van der Waals surface area (Å²) in [7, 11) is 0. The van der Waals surface area contributed by atoms with Crippen molar-refractivity contribution in [1.82, 2.24) is 0 Å². The Bertz CT molecular complexity index is 506. The highest BCUT2D eigenvalue weighted by molar-refractivity contribution is 7.80. The van der Waals surface area contributed by atoms with Gasteiger partial charge in [0.2, 0.25) is 0 Å². The van der Waals surface area contributed by atoms with Crippen molar-refractivity contribution < 1.29 is 0 Å². The van der Waals surface area contributed by atoms with E-state index in [9.17, 15) is 0 Å². The maximum atomic E-state index is 4.23. The average Bonchev–Trinajstić information content (AvgIpc) is 2.48. The molecular weight excluding hydrogens is 252 g/mol. The van der Waals surface area contributed by atoms with Crippen molar-refractivity contribution in [3.8, 4) is 0 Å². The van der Waals surface area contributed by atoms with E-state index in [1.807, 2.05) is 42.5 Å². The molecule has 98 valence electrons. The molecule has 19 heavy (non-hydrogen) atoms. The number of aryl methyl sites for hydroxylation is 1. The molecule has 0 radical (unpaired) electrons. The van der Waals surface area contributed by atoms with Gasteiger partial charge in [0.15, 0.2) is 0 Å². The van der Waals surface area contributed by atoms with Gasteiger partial charge in [-0.15, -0.1) is 0 Å². The molecular formula is C16H18N2S. The van der Waals surface area contributed by atoms with Gasteiger partial charge in [0.05, 0.1) is 11.4 Å². The number of rotatable bonds is 6. The van der Waals surface area contributed by atoms with Crippen LogP contribution >= 0.6 is 12.6 Å². The molecule has 2 aromatic rings. The summed E-state index contributed by atoms with van der Waals surface area (Å²) < 4.78 is 0. The Kier molecular flexibility index (Phi) is 5.63. The number of unbranched alkanes of at least 4 members (excludes halogenated alkanes) is 1. The molecule has 0 aliphatic carbocycles. The van der Waals surface area contributed by atoms with Crippen LogP contribution in [0.25, 0.3) is 0 Å². The van der Waals surface area contributed by atoms with Crippen molar-refractivity contribution >= 4 is 24.0 Å². The molecule has 0 spiro atoms. The Morgan fingerprint density at radius 1 is 0.737 bits per heavy atom. The number of azo groups is 1. The van der Waals surface area contributed by atoms with Crippen molar-refractivity contribution in [2.75, 3.05) is 5.75 Å². The van der Waals surface area contributed by atoms with Gasteiger partial charge in [-0.3, -0.25) is 0 Å². The van der Waals surface area contributed by atoms with Crippen LogP contribution in [0.4, 0.5) is 11.4 Å². The van der Waals surface area contributed by atoms with Crippen LogP contribution in [-0.4, -0.2) is 5.75 Å². The molecule has 0 saturated heterocycles. The van der Waals surface area contributed by atoms with Gasteiger partial charge in [-0.05, 0) is 54.8 Å². The second-order valence-electron chi connectivity index (χ2n) is 4.38. The van der Waals surface area contributed by atoms with Crippen molar-refractivity contribution in [2.45, 2.75) is 19.3 Å². The number of hydrogen-bond donors (Lipinski definition) is 1. The van der Waals surface area contributed by atoms with Gasteiger partial charge in [-0.25, -0.2) is 0 Å². The summed E-state index contributed by atoms with van der Waals surface area (Å²) in [4.78, 5) is 0. The number of nitrogens with zero attached hydrogens (tertiary/aromatic N) is 2. The third-order valence-corrected chi connectivity index (χ3v) is 3.16. The van der Waals surface area contributed by atoms with Crippen LogP contribution in [0.1, 0.15) is 18.4 Å². The number of benzene rings is 2. The van der Waals surface area contributed by atoms with Gasteiger partial charge in [0.1, 0.15) is 0 Å². The largest absolute Gasteiger partial charge is 0.179 e. The van der Waals surface area contributed by atoms with Crippen molar-refractivity contribution in [3.63, 3.8) is 0 Å². The fourth-order valence-electron chi connectivity index (χ4n) is 1.78. The monoisotopic (exact) mass is 270 g/mol. The van der Waals surface area contributed by atoms with Crippen LogP contribution in [0.3, 0.4) is 0 Å². The first-order valence-electron chi connectivity index (χ1n) is 6.55. The fraction of sp³-hybridized carbons (Fsp3) is 0.250. The lowest BCUT2D eigenvalue weighted by Crippen LogP contribution is -1.85. The maximum Gasteiger partial charge on any atom is 0.0857 e. The maximum absolute atomic E-state index is 4.23. The highest BCUT2D eigenvalue weighted by atomic mass is 32.1. The molecule has 2 aromatic carbocycles. The van der Waals surface area contributed by atoms with Crippen molar-refractivity contribution in [1.29, 1.82) is 0 Å². The molecule has 2 rings (SSSR count). The number of thiol groups is 1. The van der Waals surface area contributed by atoms with Crippen molar-refractivity contribution in [3.05, 3.63) is 60.2 Å². The van der Waals surface area contributed by atoms with Gasteiger partial charge < -0.3 is 0 Å². The Labute approximate surface area is 120 Å². The van der Waals surface area contributed by atoms with Crippen LogP contribution in [0.15, 0.2) is 64.8 Å². The van der Waals surface area contributed by atoms with Crippen LogP contribution in [0.2, 0.25) is 0 Å². The Hall–Kier alpha value is -1.61. The molecule has 0 aliphatic rings. The van der Waals surface area contributed by atoms with Gasteiger partial charge in [-0.2, -0.15) is 22.9 Å². The van der Waals surface area contributed by atoms with E-state index in [2.05, 4.69) is 35.0 Å². The molecule has 0 fully saturated rings. The molecule has 0 unspecified atom stereocenters. The summed E-state index contributed by atoms with van der Waals surface area (Å²) in [6.07, 6.45) is 3.46. The first-order valence-corrected chi connectivity index (χ1v) is 7.18. The lowest BCUT2D eigenvalue weighted by molar-refractivity contribution is 0.804. The molecule has 0 aromatic heterocycles. The van der Waals surface area contributed by atoms with Gasteiger partial charge >= 0.3 is 0 Å². The SMILES string of the molecule is SCCCCc1ccc(N=Nc2ccccc2)cc1. The zero-order valence-corrected chi connectivity index (χ0v) is 11.8. The predicted octanol–water partition coefficient (Wildman–Crippen LogP) is 5.35. The van der Waals surface area contributed by atoms with E-state index in [0.717, 1.165) is 23.5 Å². The Morgan fingerprint density at radius 3 is 2.00 bits per heavy atom. The summed E-state index contributed by atoms with van der Waals surface area (Å²) in [5.74, 6) is 0.962. The highest BCUT2D eigenvalue weighted by Gasteiger charge is 1.94. The van der Waals surface area contributed by atoms with E-state index < -0.39 is 0 Å². The third-order valence-electron chi connectivity index (χ3n) is 2.85. The van der Waals surface area contributed by atoms with E-state index in [-0.39, 0.29) is 0 Å². The minimum atomic E-state index is 0.875. The molecule has 2 nitrogen and oxygen atoms in total. The first kappa shape index (κ1) is 13.8. The van der Waals surface area contributed by atoms with Crippen LogP contribution < -0.4 is 0 Å². The molecule has 0 saturated carbocycles. The summed E-state index contributed by atoms with van der Waals surface area (Å²) in [5, 5.41) is 8.42. The summed E-state index contributed by atoms with van der Waals surface area (Å²) in [6, 6.07) is 18.0. The molecule has 0 atom stereocenters. The first-order chi connectivity index (χ1) is 9.38. The molecule has 0 aliphatic heterocycles. The van der Waals surface area contributed by atoms with Crippen molar-refractivity contribution in [2.24, 2.45) is 10.2 Å². The summed E-state index contributed by atoms with van der Waals surface area (Å²) in [5.41, 5.74) is 3.11. The second kappa shape index (κ2) is 7.74. The zero-order valence-electron chi connectivity index (χ0n) is 10.9.